The standard InChI is InChI=1S/C51H33N3O/c1-4-11-34(12-5-1)36-19-21-38(22-20-36)39-23-27-40(28-24-39)44-17-10-18-45-46-33-43(31-32-47(46)55-48(44)45)51-53-49(41-15-8-3-9-16-41)52-50(54-51)42-29-25-37(26-30-42)35-13-6-2-7-14-35/h1-33H. The van der Waals surface area contributed by atoms with Gasteiger partial charge in [0.05, 0.1) is 0 Å². The minimum Gasteiger partial charge on any atom is -0.455 e. The van der Waals surface area contributed by atoms with Crippen LogP contribution in [0.2, 0.25) is 0 Å². The fourth-order valence-electron chi connectivity index (χ4n) is 7.29. The Hall–Kier alpha value is -7.43. The van der Waals surface area contributed by atoms with Gasteiger partial charge in [0.1, 0.15) is 11.2 Å². The average molecular weight is 704 g/mol. The maximum absolute atomic E-state index is 6.58. The molecule has 258 valence electrons. The van der Waals surface area contributed by atoms with Crippen LogP contribution in [0.4, 0.5) is 0 Å². The first-order valence-electron chi connectivity index (χ1n) is 18.4. The topological polar surface area (TPSA) is 51.8 Å². The van der Waals surface area contributed by atoms with Gasteiger partial charge in [0.15, 0.2) is 17.5 Å². The van der Waals surface area contributed by atoms with E-state index in [4.69, 9.17) is 19.4 Å². The minimum absolute atomic E-state index is 0.607. The molecule has 2 aromatic heterocycles. The SMILES string of the molecule is c1ccc(-c2ccc(-c3ccc(-c4cccc5c4oc4ccc(-c6nc(-c7ccccc7)nc(-c7ccc(-c8ccccc8)cc7)n6)cc45)cc3)cc2)cc1. The van der Waals surface area contributed by atoms with E-state index >= 15 is 0 Å². The third-order valence-electron chi connectivity index (χ3n) is 10.2. The summed E-state index contributed by atoms with van der Waals surface area (Å²) in [7, 11) is 0. The number of furan rings is 1. The molecule has 10 aromatic rings. The quantitative estimate of drug-likeness (QED) is 0.166. The monoisotopic (exact) mass is 703 g/mol. The minimum atomic E-state index is 0.607. The first-order chi connectivity index (χ1) is 27.2. The van der Waals surface area contributed by atoms with E-state index in [1.807, 2.05) is 54.6 Å². The highest BCUT2D eigenvalue weighted by atomic mass is 16.3. The predicted octanol–water partition coefficient (Wildman–Crippen LogP) is 13.4. The average Bonchev–Trinajstić information content (AvgIpc) is 3.66. The predicted molar refractivity (Wildman–Crippen MR) is 225 cm³/mol. The zero-order valence-corrected chi connectivity index (χ0v) is 29.8. The van der Waals surface area contributed by atoms with E-state index in [9.17, 15) is 0 Å². The van der Waals surface area contributed by atoms with E-state index < -0.39 is 0 Å². The first-order valence-corrected chi connectivity index (χ1v) is 18.4. The lowest BCUT2D eigenvalue weighted by Crippen LogP contribution is -2.00. The lowest BCUT2D eigenvalue weighted by molar-refractivity contribution is 0.670. The Morgan fingerprint density at radius 1 is 0.273 bits per heavy atom. The summed E-state index contributed by atoms with van der Waals surface area (Å²) < 4.78 is 6.58. The van der Waals surface area contributed by atoms with Crippen LogP contribution in [0.1, 0.15) is 0 Å². The second-order valence-corrected chi connectivity index (χ2v) is 13.6. The molecule has 0 saturated carbocycles. The first kappa shape index (κ1) is 32.2. The summed E-state index contributed by atoms with van der Waals surface area (Å²) in [6.45, 7) is 0. The van der Waals surface area contributed by atoms with Crippen LogP contribution >= 0.6 is 0 Å². The van der Waals surface area contributed by atoms with Crippen LogP contribution in [0.3, 0.4) is 0 Å². The Bertz CT molecular complexity index is 2920. The molecule has 0 bridgehead atoms. The molecule has 0 N–H and O–H groups in total. The molecule has 8 aromatic carbocycles. The molecule has 0 aliphatic carbocycles. The highest BCUT2D eigenvalue weighted by Crippen LogP contribution is 2.38. The van der Waals surface area contributed by atoms with E-state index in [0.29, 0.717) is 17.5 Å². The molecular formula is C51H33N3O. The fourth-order valence-corrected chi connectivity index (χ4v) is 7.29. The highest BCUT2D eigenvalue weighted by Gasteiger charge is 2.17. The number of fused-ring (bicyclic) bond motifs is 3. The molecule has 0 aliphatic rings. The van der Waals surface area contributed by atoms with Crippen LogP contribution in [-0.2, 0) is 0 Å². The van der Waals surface area contributed by atoms with E-state index in [1.54, 1.807) is 0 Å². The Morgan fingerprint density at radius 3 is 1.16 bits per heavy atom. The normalized spacial score (nSPS) is 11.3. The highest BCUT2D eigenvalue weighted by molar-refractivity contribution is 6.10. The molecule has 2 heterocycles. The second kappa shape index (κ2) is 13.8. The van der Waals surface area contributed by atoms with Gasteiger partial charge in [-0.3, -0.25) is 0 Å². The number of nitrogens with zero attached hydrogens (tertiary/aromatic N) is 3. The molecule has 0 radical (unpaired) electrons. The molecule has 0 aliphatic heterocycles. The molecule has 0 atom stereocenters. The van der Waals surface area contributed by atoms with Gasteiger partial charge in [-0.2, -0.15) is 0 Å². The van der Waals surface area contributed by atoms with Gasteiger partial charge in [0, 0.05) is 33.0 Å². The molecular weight excluding hydrogens is 671 g/mol. The van der Waals surface area contributed by atoms with Gasteiger partial charge in [0.2, 0.25) is 0 Å². The lowest BCUT2D eigenvalue weighted by Gasteiger charge is -2.09. The van der Waals surface area contributed by atoms with Gasteiger partial charge in [-0.1, -0.05) is 182 Å². The molecule has 55 heavy (non-hydrogen) atoms. The van der Waals surface area contributed by atoms with Crippen molar-refractivity contribution in [2.24, 2.45) is 0 Å². The van der Waals surface area contributed by atoms with Crippen LogP contribution < -0.4 is 0 Å². The van der Waals surface area contributed by atoms with Gasteiger partial charge in [0.25, 0.3) is 0 Å². The molecule has 0 saturated heterocycles. The number of rotatable bonds is 7. The third kappa shape index (κ3) is 6.26. The number of hydrogen-bond donors (Lipinski definition) is 0. The molecule has 0 unspecified atom stereocenters. The molecule has 0 fully saturated rings. The van der Waals surface area contributed by atoms with Gasteiger partial charge >= 0.3 is 0 Å². The number of benzene rings is 8. The van der Waals surface area contributed by atoms with Crippen molar-refractivity contribution in [2.45, 2.75) is 0 Å². The van der Waals surface area contributed by atoms with E-state index in [-0.39, 0.29) is 0 Å². The Morgan fingerprint density at radius 2 is 0.655 bits per heavy atom. The van der Waals surface area contributed by atoms with Crippen molar-refractivity contribution >= 4 is 21.9 Å². The van der Waals surface area contributed by atoms with Crippen LogP contribution in [0, 0.1) is 0 Å². The van der Waals surface area contributed by atoms with Crippen molar-refractivity contribution in [2.75, 3.05) is 0 Å². The van der Waals surface area contributed by atoms with Crippen molar-refractivity contribution in [3.05, 3.63) is 200 Å². The Labute approximate surface area is 319 Å². The fraction of sp³-hybridized carbons (Fsp3) is 0. The third-order valence-corrected chi connectivity index (χ3v) is 10.2. The van der Waals surface area contributed by atoms with Gasteiger partial charge < -0.3 is 4.42 Å². The van der Waals surface area contributed by atoms with E-state index in [1.165, 1.54) is 27.8 Å². The van der Waals surface area contributed by atoms with Crippen molar-refractivity contribution < 1.29 is 4.42 Å². The number of hydrogen-bond acceptors (Lipinski definition) is 4. The smallest absolute Gasteiger partial charge is 0.164 e. The molecule has 0 spiro atoms. The lowest BCUT2D eigenvalue weighted by atomic mass is 9.97. The second-order valence-electron chi connectivity index (χ2n) is 13.6. The summed E-state index contributed by atoms with van der Waals surface area (Å²) in [5.74, 6) is 1.86. The van der Waals surface area contributed by atoms with Crippen molar-refractivity contribution in [1.82, 2.24) is 15.0 Å². The summed E-state index contributed by atoms with van der Waals surface area (Å²) in [4.78, 5) is 15.0. The van der Waals surface area contributed by atoms with E-state index in [2.05, 4.69) is 146 Å². The summed E-state index contributed by atoms with van der Waals surface area (Å²) in [5.41, 5.74) is 13.7. The largest absolute Gasteiger partial charge is 0.455 e. The zero-order valence-electron chi connectivity index (χ0n) is 29.8. The number of aromatic nitrogens is 3. The Kier molecular flexibility index (Phi) is 8.12. The van der Waals surface area contributed by atoms with E-state index in [0.717, 1.165) is 55.3 Å². The van der Waals surface area contributed by atoms with Crippen LogP contribution in [0.5, 0.6) is 0 Å². The van der Waals surface area contributed by atoms with Crippen LogP contribution in [-0.4, -0.2) is 15.0 Å². The molecule has 0 amide bonds. The maximum atomic E-state index is 6.58. The summed E-state index contributed by atoms with van der Waals surface area (Å²) in [6, 6.07) is 69.3. The number of para-hydroxylation sites is 1. The van der Waals surface area contributed by atoms with Gasteiger partial charge in [-0.15, -0.1) is 0 Å². The zero-order chi connectivity index (χ0) is 36.6. The molecule has 4 nitrogen and oxygen atoms in total. The van der Waals surface area contributed by atoms with Crippen molar-refractivity contribution in [3.63, 3.8) is 0 Å². The summed E-state index contributed by atoms with van der Waals surface area (Å²) >= 11 is 0. The van der Waals surface area contributed by atoms with Gasteiger partial charge in [-0.05, 0) is 57.1 Å². The van der Waals surface area contributed by atoms with Crippen molar-refractivity contribution in [3.8, 4) is 78.7 Å². The van der Waals surface area contributed by atoms with Crippen LogP contribution in [0.15, 0.2) is 205 Å². The van der Waals surface area contributed by atoms with Gasteiger partial charge in [-0.25, -0.2) is 15.0 Å². The summed E-state index contributed by atoms with van der Waals surface area (Å²) in [5, 5.41) is 2.06. The molecule has 4 heteroatoms. The molecule has 10 rings (SSSR count). The van der Waals surface area contributed by atoms with Crippen molar-refractivity contribution in [1.29, 1.82) is 0 Å². The maximum Gasteiger partial charge on any atom is 0.164 e. The Balaban J connectivity index is 1.00. The summed E-state index contributed by atoms with van der Waals surface area (Å²) in [6.07, 6.45) is 0. The van der Waals surface area contributed by atoms with Crippen LogP contribution in [0.25, 0.3) is 101 Å².